The van der Waals surface area contributed by atoms with Gasteiger partial charge in [0.1, 0.15) is 4.88 Å². The Kier molecular flexibility index (Phi) is 6.55. The molecule has 1 aromatic heterocycles. The molecule has 1 heterocycles. The van der Waals surface area contributed by atoms with Crippen molar-refractivity contribution in [2.45, 2.75) is 58.9 Å². The molecular weight excluding hydrogens is 370 g/mol. The Morgan fingerprint density at radius 1 is 1.18 bits per heavy atom. The lowest BCUT2D eigenvalue weighted by Crippen LogP contribution is -2.43. The Morgan fingerprint density at radius 2 is 1.82 bits per heavy atom. The number of anilines is 1. The van der Waals surface area contributed by atoms with Gasteiger partial charge in [-0.15, -0.1) is 11.3 Å². The lowest BCUT2D eigenvalue weighted by atomic mass is 9.82. The maximum Gasteiger partial charge on any atom is 0.348 e. The molecule has 1 aromatic carbocycles. The van der Waals surface area contributed by atoms with Crippen LogP contribution in [0.25, 0.3) is 10.4 Å². The number of amides is 1. The standard InChI is InChI=1S/C23H29NO3S/c1-4-16(3)24(22(25)18-12-10-15(2)11-13-18)19-14-20(28-21(19)23(26)27)17-8-6-5-7-9-17/h5-9,14-16,18H,4,10-13H2,1-3H3,(H,26,27). The van der Waals surface area contributed by atoms with Gasteiger partial charge in [-0.2, -0.15) is 0 Å². The van der Waals surface area contributed by atoms with Gasteiger partial charge < -0.3 is 10.0 Å². The van der Waals surface area contributed by atoms with E-state index in [0.29, 0.717) is 11.6 Å². The number of carboxylic acids is 1. The average molecular weight is 400 g/mol. The van der Waals surface area contributed by atoms with Crippen LogP contribution in [0.4, 0.5) is 5.69 Å². The second kappa shape index (κ2) is 8.91. The van der Waals surface area contributed by atoms with Crippen molar-refractivity contribution in [2.24, 2.45) is 11.8 Å². The summed E-state index contributed by atoms with van der Waals surface area (Å²) in [5.74, 6) is -0.227. The van der Waals surface area contributed by atoms with Gasteiger partial charge in [-0.25, -0.2) is 4.79 Å². The van der Waals surface area contributed by atoms with E-state index >= 15 is 0 Å². The number of carbonyl (C=O) groups excluding carboxylic acids is 1. The van der Waals surface area contributed by atoms with Crippen molar-refractivity contribution >= 4 is 28.9 Å². The zero-order chi connectivity index (χ0) is 20.3. The van der Waals surface area contributed by atoms with E-state index < -0.39 is 5.97 Å². The average Bonchev–Trinajstić information content (AvgIpc) is 3.14. The minimum Gasteiger partial charge on any atom is -0.477 e. The highest BCUT2D eigenvalue weighted by atomic mass is 32.1. The molecule has 0 bridgehead atoms. The predicted octanol–water partition coefficient (Wildman–Crippen LogP) is 6.07. The predicted molar refractivity (Wildman–Crippen MR) is 115 cm³/mol. The summed E-state index contributed by atoms with van der Waals surface area (Å²) in [7, 11) is 0. The van der Waals surface area contributed by atoms with Crippen LogP contribution in [-0.2, 0) is 4.79 Å². The van der Waals surface area contributed by atoms with Crippen LogP contribution in [0.2, 0.25) is 0 Å². The van der Waals surface area contributed by atoms with Gasteiger partial charge in [0.05, 0.1) is 5.69 Å². The molecule has 0 spiro atoms. The van der Waals surface area contributed by atoms with Gasteiger partial charge in [0.2, 0.25) is 5.91 Å². The second-order valence-corrected chi connectivity index (χ2v) is 8.97. The maximum atomic E-state index is 13.5. The summed E-state index contributed by atoms with van der Waals surface area (Å²) < 4.78 is 0. The molecule has 5 heteroatoms. The number of hydrogen-bond donors (Lipinski definition) is 1. The highest BCUT2D eigenvalue weighted by Crippen LogP contribution is 2.40. The molecule has 1 aliphatic rings. The second-order valence-electron chi connectivity index (χ2n) is 7.92. The number of rotatable bonds is 6. The van der Waals surface area contributed by atoms with E-state index in [1.165, 1.54) is 11.3 Å². The number of benzene rings is 1. The van der Waals surface area contributed by atoms with Gasteiger partial charge in [-0.3, -0.25) is 4.79 Å². The summed E-state index contributed by atoms with van der Waals surface area (Å²) >= 11 is 1.25. The number of aromatic carboxylic acids is 1. The molecule has 0 aliphatic heterocycles. The van der Waals surface area contributed by atoms with E-state index in [4.69, 9.17) is 0 Å². The lowest BCUT2D eigenvalue weighted by molar-refractivity contribution is -0.124. The van der Waals surface area contributed by atoms with E-state index in [9.17, 15) is 14.7 Å². The number of carboxylic acid groups (broad SMARTS) is 1. The number of nitrogens with zero attached hydrogens (tertiary/aromatic N) is 1. The molecule has 0 saturated heterocycles. The fourth-order valence-corrected chi connectivity index (χ4v) is 4.91. The van der Waals surface area contributed by atoms with Gasteiger partial charge in [0.25, 0.3) is 0 Å². The molecular formula is C23H29NO3S. The maximum absolute atomic E-state index is 13.5. The van der Waals surface area contributed by atoms with E-state index in [2.05, 4.69) is 6.92 Å². The molecule has 1 unspecified atom stereocenters. The SMILES string of the molecule is CCC(C)N(C(=O)C1CCC(C)CC1)c1cc(-c2ccccc2)sc1C(=O)O. The smallest absolute Gasteiger partial charge is 0.348 e. The zero-order valence-electron chi connectivity index (χ0n) is 16.9. The Balaban J connectivity index is 2.01. The van der Waals surface area contributed by atoms with E-state index in [-0.39, 0.29) is 22.7 Å². The normalized spacial score (nSPS) is 20.5. The van der Waals surface area contributed by atoms with Gasteiger partial charge >= 0.3 is 5.97 Å². The van der Waals surface area contributed by atoms with Crippen molar-refractivity contribution in [2.75, 3.05) is 4.90 Å². The summed E-state index contributed by atoms with van der Waals surface area (Å²) in [5.41, 5.74) is 1.53. The molecule has 4 nitrogen and oxygen atoms in total. The van der Waals surface area contributed by atoms with Crippen molar-refractivity contribution in [3.63, 3.8) is 0 Å². The third kappa shape index (κ3) is 4.30. The van der Waals surface area contributed by atoms with Gasteiger partial charge in [-0.05, 0) is 56.6 Å². The Bertz CT molecular complexity index is 822. The summed E-state index contributed by atoms with van der Waals surface area (Å²) in [6.45, 7) is 6.29. The largest absolute Gasteiger partial charge is 0.477 e. The third-order valence-corrected chi connectivity index (χ3v) is 7.02. The van der Waals surface area contributed by atoms with Crippen LogP contribution in [-0.4, -0.2) is 23.0 Å². The van der Waals surface area contributed by atoms with Crippen molar-refractivity contribution in [1.29, 1.82) is 0 Å². The van der Waals surface area contributed by atoms with Crippen LogP contribution in [0.5, 0.6) is 0 Å². The first-order valence-corrected chi connectivity index (χ1v) is 11.0. The van der Waals surface area contributed by atoms with Crippen molar-refractivity contribution in [3.05, 3.63) is 41.3 Å². The van der Waals surface area contributed by atoms with Crippen molar-refractivity contribution in [1.82, 2.24) is 0 Å². The topological polar surface area (TPSA) is 57.6 Å². The number of hydrogen-bond acceptors (Lipinski definition) is 3. The van der Waals surface area contributed by atoms with Crippen LogP contribution in [0, 0.1) is 11.8 Å². The Labute approximate surface area is 171 Å². The van der Waals surface area contributed by atoms with Crippen molar-refractivity contribution < 1.29 is 14.7 Å². The summed E-state index contributed by atoms with van der Waals surface area (Å²) in [6.07, 6.45) is 4.70. The molecule has 1 saturated carbocycles. The minimum atomic E-state index is -0.972. The molecule has 150 valence electrons. The first-order chi connectivity index (χ1) is 13.4. The molecule has 2 aromatic rings. The molecule has 3 rings (SSSR count). The van der Waals surface area contributed by atoms with Gasteiger partial charge in [0.15, 0.2) is 0 Å². The summed E-state index contributed by atoms with van der Waals surface area (Å²) in [6, 6.07) is 11.6. The van der Waals surface area contributed by atoms with Crippen LogP contribution in [0.1, 0.15) is 62.5 Å². The molecule has 0 radical (unpaired) electrons. The molecule has 1 amide bonds. The Morgan fingerprint density at radius 3 is 2.39 bits per heavy atom. The third-order valence-electron chi connectivity index (χ3n) is 5.86. The quantitative estimate of drug-likeness (QED) is 0.641. The highest BCUT2D eigenvalue weighted by Gasteiger charge is 2.34. The summed E-state index contributed by atoms with van der Waals surface area (Å²) in [4.78, 5) is 28.4. The Hall–Kier alpha value is -2.14. The fourth-order valence-electron chi connectivity index (χ4n) is 3.92. The zero-order valence-corrected chi connectivity index (χ0v) is 17.7. The first-order valence-electron chi connectivity index (χ1n) is 10.2. The summed E-state index contributed by atoms with van der Waals surface area (Å²) in [5, 5.41) is 9.83. The molecule has 1 atom stereocenters. The van der Waals surface area contributed by atoms with Crippen LogP contribution in [0.15, 0.2) is 36.4 Å². The fraction of sp³-hybridized carbons (Fsp3) is 0.478. The first kappa shape index (κ1) is 20.6. The van der Waals surface area contributed by atoms with E-state index in [0.717, 1.165) is 42.5 Å². The molecule has 1 aliphatic carbocycles. The van der Waals surface area contributed by atoms with Crippen LogP contribution in [0.3, 0.4) is 0 Å². The number of thiophene rings is 1. The monoisotopic (exact) mass is 399 g/mol. The minimum absolute atomic E-state index is 0.00748. The highest BCUT2D eigenvalue weighted by molar-refractivity contribution is 7.18. The number of carbonyl (C=O) groups is 2. The van der Waals surface area contributed by atoms with Crippen LogP contribution >= 0.6 is 11.3 Å². The van der Waals surface area contributed by atoms with Gasteiger partial charge in [0, 0.05) is 16.8 Å². The van der Waals surface area contributed by atoms with Crippen molar-refractivity contribution in [3.8, 4) is 10.4 Å². The van der Waals surface area contributed by atoms with Gasteiger partial charge in [-0.1, -0.05) is 44.2 Å². The molecule has 1 N–H and O–H groups in total. The molecule has 28 heavy (non-hydrogen) atoms. The molecule has 1 fully saturated rings. The van der Waals surface area contributed by atoms with Crippen LogP contribution < -0.4 is 4.90 Å². The van der Waals surface area contributed by atoms with E-state index in [1.807, 2.05) is 50.2 Å². The van der Waals surface area contributed by atoms with E-state index in [1.54, 1.807) is 4.90 Å². The lowest BCUT2D eigenvalue weighted by Gasteiger charge is -2.34.